The topological polar surface area (TPSA) is 55.4 Å². The second-order valence-corrected chi connectivity index (χ2v) is 23.5. The molecule has 2 aromatic rings. The Balaban J connectivity index is 1.97. The Hall–Kier alpha value is -1.37. The number of methoxy groups -OCH3 is 1. The first-order valence-corrected chi connectivity index (χ1v) is 20.2. The van der Waals surface area contributed by atoms with Gasteiger partial charge < -0.3 is 27.8 Å². The van der Waals surface area contributed by atoms with Gasteiger partial charge in [-0.25, -0.2) is 0 Å². The van der Waals surface area contributed by atoms with E-state index in [9.17, 15) is 0 Å². The van der Waals surface area contributed by atoms with E-state index in [2.05, 4.69) is 122 Å². The Kier molecular flexibility index (Phi) is 11.8. The van der Waals surface area contributed by atoms with Gasteiger partial charge in [-0.1, -0.05) is 109 Å². The van der Waals surface area contributed by atoms with E-state index in [0.29, 0.717) is 19.8 Å². The molecule has 3 rings (SSSR count). The lowest BCUT2D eigenvalue weighted by Crippen LogP contribution is -2.67. The number of hydrogen-bond acceptors (Lipinski definition) is 6. The largest absolute Gasteiger partial charge is 0.411 e. The van der Waals surface area contributed by atoms with Gasteiger partial charge in [0.2, 0.25) is 0 Å². The lowest BCUT2D eigenvalue weighted by molar-refractivity contribution is -0.262. The summed E-state index contributed by atoms with van der Waals surface area (Å²) < 4.78 is 38.4. The van der Waals surface area contributed by atoms with Gasteiger partial charge >= 0.3 is 0 Å². The van der Waals surface area contributed by atoms with Crippen molar-refractivity contribution in [1.82, 2.24) is 0 Å². The van der Waals surface area contributed by atoms with Gasteiger partial charge in [0.25, 0.3) is 8.32 Å². The smallest absolute Gasteiger partial charge is 0.261 e. The van der Waals surface area contributed by atoms with Crippen molar-refractivity contribution in [1.29, 1.82) is 0 Å². The fraction of sp³-hybridized carbons (Fsp3) is 0.647. The van der Waals surface area contributed by atoms with E-state index in [4.69, 9.17) is 27.8 Å². The molecule has 0 N–H and O–H groups in total. The summed E-state index contributed by atoms with van der Waals surface area (Å²) in [5.74, 6) is -0.732. The monoisotopic (exact) mass is 616 g/mol. The van der Waals surface area contributed by atoms with E-state index in [0.717, 1.165) is 6.42 Å². The molecule has 0 bridgehead atoms. The molecule has 42 heavy (non-hydrogen) atoms. The average molecular weight is 617 g/mol. The first kappa shape index (κ1) is 35.1. The summed E-state index contributed by atoms with van der Waals surface area (Å²) in [4.78, 5) is 0. The summed E-state index contributed by atoms with van der Waals surface area (Å²) in [6.07, 6.45) is 0.0211. The summed E-state index contributed by atoms with van der Waals surface area (Å²) in [5, 5.41) is 2.51. The van der Waals surface area contributed by atoms with Gasteiger partial charge in [0.1, 0.15) is 12.9 Å². The molecule has 0 radical (unpaired) electrons. The van der Waals surface area contributed by atoms with Crippen LogP contribution in [0.1, 0.15) is 61.8 Å². The van der Waals surface area contributed by atoms with Crippen LogP contribution in [0.25, 0.3) is 0 Å². The molecule has 8 heteroatoms. The quantitative estimate of drug-likeness (QED) is 0.173. The highest BCUT2D eigenvalue weighted by molar-refractivity contribution is 6.99. The molecular formula is C34H56O6Si2. The summed E-state index contributed by atoms with van der Waals surface area (Å²) in [6, 6.07) is 21.6. The molecule has 2 aromatic carbocycles. The molecule has 0 unspecified atom stereocenters. The first-order chi connectivity index (χ1) is 19.6. The minimum atomic E-state index is -2.66. The van der Waals surface area contributed by atoms with Crippen LogP contribution in [0.15, 0.2) is 60.7 Å². The maximum absolute atomic E-state index is 7.30. The molecule has 1 saturated heterocycles. The molecule has 1 heterocycles. The van der Waals surface area contributed by atoms with Crippen LogP contribution in [0, 0.1) is 5.92 Å². The van der Waals surface area contributed by atoms with Crippen molar-refractivity contribution in [3.63, 3.8) is 0 Å². The van der Waals surface area contributed by atoms with E-state index < -0.39 is 28.5 Å². The standard InChI is InChI=1S/C34H56O6Si2/c1-27(25-39-42(33(5,6)7,28-18-14-12-15-19-28)29-20-16-13-17-21-29)24-30(40-41(10,11)32(2,3)4)31(36-26-35-9)34(8)37-22-23-38-34/h12-21,27,30-31H,22-26H2,1-11H3/t27-,30+,31-/m1/s1. The molecule has 0 aromatic heterocycles. The van der Waals surface area contributed by atoms with Crippen LogP contribution in [0.5, 0.6) is 0 Å². The summed E-state index contributed by atoms with van der Waals surface area (Å²) in [6.45, 7) is 24.3. The fourth-order valence-corrected chi connectivity index (χ4v) is 11.7. The Morgan fingerprint density at radius 2 is 1.33 bits per heavy atom. The fourth-order valence-electron chi connectivity index (χ4n) is 5.71. The predicted octanol–water partition coefficient (Wildman–Crippen LogP) is 6.73. The zero-order valence-electron chi connectivity index (χ0n) is 28.0. The normalized spacial score (nSPS) is 18.5. The number of ether oxygens (including phenoxy) is 4. The van der Waals surface area contributed by atoms with E-state index >= 15 is 0 Å². The van der Waals surface area contributed by atoms with Crippen molar-refractivity contribution in [2.45, 2.75) is 103 Å². The molecule has 1 fully saturated rings. The third-order valence-electron chi connectivity index (χ3n) is 8.97. The molecule has 1 aliphatic heterocycles. The zero-order valence-corrected chi connectivity index (χ0v) is 30.0. The first-order valence-electron chi connectivity index (χ1n) is 15.4. The van der Waals surface area contributed by atoms with Crippen molar-refractivity contribution >= 4 is 27.0 Å². The predicted molar refractivity (Wildman–Crippen MR) is 176 cm³/mol. The molecule has 236 valence electrons. The molecule has 6 nitrogen and oxygen atoms in total. The third kappa shape index (κ3) is 8.01. The second-order valence-electron chi connectivity index (χ2n) is 14.4. The summed E-state index contributed by atoms with van der Waals surface area (Å²) in [5.41, 5.74) is 0. The highest BCUT2D eigenvalue weighted by Crippen LogP contribution is 2.41. The molecule has 1 aliphatic rings. The summed E-state index contributed by atoms with van der Waals surface area (Å²) >= 11 is 0. The third-order valence-corrected chi connectivity index (χ3v) is 18.5. The highest BCUT2D eigenvalue weighted by atomic mass is 28.4. The van der Waals surface area contributed by atoms with Gasteiger partial charge in [0, 0.05) is 13.7 Å². The zero-order chi connectivity index (χ0) is 31.2. The molecule has 0 aliphatic carbocycles. The van der Waals surface area contributed by atoms with Crippen LogP contribution >= 0.6 is 0 Å². The number of hydrogen-bond donors (Lipinski definition) is 0. The number of benzene rings is 2. The van der Waals surface area contributed by atoms with E-state index in [1.165, 1.54) is 10.4 Å². The lowest BCUT2D eigenvalue weighted by Gasteiger charge is -2.46. The Morgan fingerprint density at radius 3 is 1.76 bits per heavy atom. The van der Waals surface area contributed by atoms with Gasteiger partial charge in [-0.2, -0.15) is 0 Å². The van der Waals surface area contributed by atoms with Crippen molar-refractivity contribution in [2.24, 2.45) is 5.92 Å². The van der Waals surface area contributed by atoms with Gasteiger partial charge in [-0.15, -0.1) is 0 Å². The van der Waals surface area contributed by atoms with E-state index in [1.54, 1.807) is 7.11 Å². The van der Waals surface area contributed by atoms with Crippen LogP contribution in [-0.2, 0) is 27.8 Å². The Morgan fingerprint density at radius 1 is 0.833 bits per heavy atom. The van der Waals surface area contributed by atoms with Gasteiger partial charge in [-0.05, 0) is 52.8 Å². The SMILES string of the molecule is COCO[C@H]([C@H](C[C@@H](C)CO[Si](c1ccccc1)(c1ccccc1)C(C)(C)C)O[Si](C)(C)C(C)(C)C)C1(C)OCCO1. The van der Waals surface area contributed by atoms with Crippen molar-refractivity contribution in [2.75, 3.05) is 33.7 Å². The van der Waals surface area contributed by atoms with Crippen LogP contribution < -0.4 is 10.4 Å². The lowest BCUT2D eigenvalue weighted by atomic mass is 9.96. The van der Waals surface area contributed by atoms with Crippen LogP contribution in [0.3, 0.4) is 0 Å². The van der Waals surface area contributed by atoms with E-state index in [-0.39, 0.29) is 28.9 Å². The van der Waals surface area contributed by atoms with Crippen molar-refractivity contribution in [3.8, 4) is 0 Å². The van der Waals surface area contributed by atoms with Crippen LogP contribution in [0.2, 0.25) is 23.2 Å². The maximum Gasteiger partial charge on any atom is 0.261 e. The minimum Gasteiger partial charge on any atom is -0.411 e. The average Bonchev–Trinajstić information content (AvgIpc) is 3.36. The van der Waals surface area contributed by atoms with Crippen molar-refractivity contribution in [3.05, 3.63) is 60.7 Å². The number of rotatable bonds is 14. The molecular weight excluding hydrogens is 561 g/mol. The minimum absolute atomic E-state index is 0.0318. The van der Waals surface area contributed by atoms with Crippen LogP contribution in [-0.4, -0.2) is 68.4 Å². The summed E-state index contributed by atoms with van der Waals surface area (Å²) in [7, 11) is -3.20. The molecule has 0 spiro atoms. The molecule has 3 atom stereocenters. The molecule has 0 amide bonds. The highest BCUT2D eigenvalue weighted by Gasteiger charge is 2.52. The second kappa shape index (κ2) is 14.2. The van der Waals surface area contributed by atoms with Gasteiger partial charge in [0.15, 0.2) is 14.1 Å². The van der Waals surface area contributed by atoms with Gasteiger partial charge in [0.05, 0.1) is 19.3 Å². The Bertz CT molecular complexity index is 1040. The van der Waals surface area contributed by atoms with E-state index in [1.807, 2.05) is 6.92 Å². The maximum atomic E-state index is 7.30. The van der Waals surface area contributed by atoms with Gasteiger partial charge in [-0.3, -0.25) is 0 Å². The Labute approximate surface area is 257 Å². The van der Waals surface area contributed by atoms with Crippen LogP contribution in [0.4, 0.5) is 0 Å². The molecule has 0 saturated carbocycles. The van der Waals surface area contributed by atoms with Crippen molar-refractivity contribution < 1.29 is 27.8 Å².